The highest BCUT2D eigenvalue weighted by molar-refractivity contribution is 6.36. The van der Waals surface area contributed by atoms with Gasteiger partial charge in [0.15, 0.2) is 5.78 Å². The standard InChI is InChI=1S/C14H13Cl3N2O/c1-3-11-14(17)12(19(2)18-11)7-13(20)9-6-8(15)4-5-10(9)16/h4-6H,3,7H2,1-2H3. The van der Waals surface area contributed by atoms with E-state index in [0.29, 0.717) is 26.3 Å². The van der Waals surface area contributed by atoms with Crippen molar-refractivity contribution in [1.82, 2.24) is 9.78 Å². The number of Topliss-reactive ketones (excluding diaryl/α,β-unsaturated/α-hetero) is 1. The molecule has 0 unspecified atom stereocenters. The second kappa shape index (κ2) is 6.17. The van der Waals surface area contributed by atoms with Gasteiger partial charge in [-0.05, 0) is 24.6 Å². The summed E-state index contributed by atoms with van der Waals surface area (Å²) in [5.41, 5.74) is 1.87. The number of hydrogen-bond acceptors (Lipinski definition) is 2. The van der Waals surface area contributed by atoms with Crippen molar-refractivity contribution in [1.29, 1.82) is 0 Å². The molecule has 20 heavy (non-hydrogen) atoms. The molecule has 3 nitrogen and oxygen atoms in total. The van der Waals surface area contributed by atoms with Crippen LogP contribution in [-0.4, -0.2) is 15.6 Å². The van der Waals surface area contributed by atoms with Crippen molar-refractivity contribution in [2.24, 2.45) is 7.05 Å². The number of benzene rings is 1. The minimum Gasteiger partial charge on any atom is -0.294 e. The first-order valence-electron chi connectivity index (χ1n) is 6.12. The highest BCUT2D eigenvalue weighted by Gasteiger charge is 2.18. The molecule has 2 rings (SSSR count). The first kappa shape index (κ1) is 15.4. The molecule has 0 amide bonds. The number of carbonyl (C=O) groups excluding carboxylic acids is 1. The molecule has 0 bridgehead atoms. The summed E-state index contributed by atoms with van der Waals surface area (Å²) in [6.07, 6.45) is 0.862. The highest BCUT2D eigenvalue weighted by Crippen LogP contribution is 2.25. The maximum atomic E-state index is 12.3. The Hall–Kier alpha value is -1.03. The van der Waals surface area contributed by atoms with Gasteiger partial charge in [-0.15, -0.1) is 0 Å². The number of nitrogens with zero attached hydrogens (tertiary/aromatic N) is 2. The first-order valence-corrected chi connectivity index (χ1v) is 7.26. The maximum Gasteiger partial charge on any atom is 0.170 e. The van der Waals surface area contributed by atoms with Crippen molar-refractivity contribution in [3.8, 4) is 0 Å². The Bertz CT molecular complexity index is 665. The van der Waals surface area contributed by atoms with Gasteiger partial charge < -0.3 is 0 Å². The fraction of sp³-hybridized carbons (Fsp3) is 0.286. The summed E-state index contributed by atoms with van der Waals surface area (Å²) in [7, 11) is 1.77. The lowest BCUT2D eigenvalue weighted by atomic mass is 10.1. The molecule has 106 valence electrons. The summed E-state index contributed by atoms with van der Waals surface area (Å²) in [5.74, 6) is -0.134. The molecular weight excluding hydrogens is 319 g/mol. The van der Waals surface area contributed by atoms with Gasteiger partial charge in [0.25, 0.3) is 0 Å². The number of hydrogen-bond donors (Lipinski definition) is 0. The highest BCUT2D eigenvalue weighted by atomic mass is 35.5. The number of aromatic nitrogens is 2. The first-order chi connectivity index (χ1) is 9.43. The summed E-state index contributed by atoms with van der Waals surface area (Å²) in [6, 6.07) is 4.82. The second-order valence-corrected chi connectivity index (χ2v) is 5.63. The average molecular weight is 332 g/mol. The van der Waals surface area contributed by atoms with Crippen molar-refractivity contribution in [2.75, 3.05) is 0 Å². The minimum atomic E-state index is -0.134. The van der Waals surface area contributed by atoms with E-state index in [1.54, 1.807) is 29.9 Å². The van der Waals surface area contributed by atoms with E-state index in [2.05, 4.69) is 5.10 Å². The van der Waals surface area contributed by atoms with Crippen LogP contribution >= 0.6 is 34.8 Å². The van der Waals surface area contributed by atoms with E-state index < -0.39 is 0 Å². The monoisotopic (exact) mass is 330 g/mol. The molecule has 0 atom stereocenters. The summed E-state index contributed by atoms with van der Waals surface area (Å²) in [4.78, 5) is 12.3. The molecule has 2 aromatic rings. The minimum absolute atomic E-state index is 0.134. The van der Waals surface area contributed by atoms with Crippen LogP contribution in [0.1, 0.15) is 28.7 Å². The molecule has 0 aliphatic heterocycles. The molecule has 1 heterocycles. The zero-order chi connectivity index (χ0) is 14.9. The van der Waals surface area contributed by atoms with Crippen LogP contribution in [0.2, 0.25) is 15.1 Å². The van der Waals surface area contributed by atoms with E-state index in [0.717, 1.165) is 12.1 Å². The number of rotatable bonds is 4. The van der Waals surface area contributed by atoms with E-state index in [9.17, 15) is 4.79 Å². The summed E-state index contributed by atoms with van der Waals surface area (Å²) in [5, 5.41) is 5.69. The number of halogens is 3. The summed E-state index contributed by atoms with van der Waals surface area (Å²) in [6.45, 7) is 1.97. The molecule has 1 aromatic carbocycles. The van der Waals surface area contributed by atoms with E-state index in [1.165, 1.54) is 0 Å². The van der Waals surface area contributed by atoms with Crippen LogP contribution in [0.25, 0.3) is 0 Å². The maximum absolute atomic E-state index is 12.3. The average Bonchev–Trinajstić information content (AvgIpc) is 2.68. The van der Waals surface area contributed by atoms with E-state index in [-0.39, 0.29) is 12.2 Å². The number of ketones is 1. The Kier molecular flexibility index (Phi) is 4.74. The topological polar surface area (TPSA) is 34.9 Å². The van der Waals surface area contributed by atoms with Crippen LogP contribution in [0.3, 0.4) is 0 Å². The van der Waals surface area contributed by atoms with Gasteiger partial charge in [-0.2, -0.15) is 5.10 Å². The molecule has 0 aliphatic rings. The molecule has 0 aliphatic carbocycles. The predicted octanol–water partition coefficient (Wildman–Crippen LogP) is 4.37. The normalized spacial score (nSPS) is 10.8. The fourth-order valence-corrected chi connectivity index (χ4v) is 2.73. The van der Waals surface area contributed by atoms with E-state index in [4.69, 9.17) is 34.8 Å². The quantitative estimate of drug-likeness (QED) is 0.780. The Morgan fingerprint density at radius 2 is 2.00 bits per heavy atom. The fourth-order valence-electron chi connectivity index (χ4n) is 1.97. The molecular formula is C14H13Cl3N2O. The summed E-state index contributed by atoms with van der Waals surface area (Å²) >= 11 is 18.2. The Labute approximate surface area is 132 Å². The van der Waals surface area contributed by atoms with E-state index >= 15 is 0 Å². The molecule has 0 spiro atoms. The SMILES string of the molecule is CCc1nn(C)c(CC(=O)c2cc(Cl)ccc2Cl)c1Cl. The zero-order valence-electron chi connectivity index (χ0n) is 11.1. The third-order valence-electron chi connectivity index (χ3n) is 3.06. The van der Waals surface area contributed by atoms with Crippen LogP contribution in [0, 0.1) is 0 Å². The predicted molar refractivity (Wildman–Crippen MR) is 82.1 cm³/mol. The van der Waals surface area contributed by atoms with Gasteiger partial charge >= 0.3 is 0 Å². The third-order valence-corrected chi connectivity index (χ3v) is 4.06. The number of carbonyl (C=O) groups is 1. The van der Waals surface area contributed by atoms with Crippen molar-refractivity contribution in [3.63, 3.8) is 0 Å². The third kappa shape index (κ3) is 3.00. The van der Waals surface area contributed by atoms with Crippen molar-refractivity contribution < 1.29 is 4.79 Å². The number of aryl methyl sites for hydroxylation is 2. The van der Waals surface area contributed by atoms with Crippen LogP contribution in [0.5, 0.6) is 0 Å². The largest absolute Gasteiger partial charge is 0.294 e. The Balaban J connectivity index is 2.33. The summed E-state index contributed by atoms with van der Waals surface area (Å²) < 4.78 is 1.64. The van der Waals surface area contributed by atoms with Gasteiger partial charge in [-0.3, -0.25) is 9.48 Å². The molecule has 0 N–H and O–H groups in total. The van der Waals surface area contributed by atoms with Crippen LogP contribution in [-0.2, 0) is 19.9 Å². The Morgan fingerprint density at radius 3 is 2.60 bits per heavy atom. The molecule has 0 saturated carbocycles. The second-order valence-electron chi connectivity index (χ2n) is 4.41. The molecule has 6 heteroatoms. The lowest BCUT2D eigenvalue weighted by Crippen LogP contribution is -2.09. The van der Waals surface area contributed by atoms with Gasteiger partial charge in [0.05, 0.1) is 27.9 Å². The molecule has 1 aromatic heterocycles. The zero-order valence-corrected chi connectivity index (χ0v) is 13.4. The van der Waals surface area contributed by atoms with E-state index in [1.807, 2.05) is 6.92 Å². The Morgan fingerprint density at radius 1 is 1.30 bits per heavy atom. The van der Waals surface area contributed by atoms with Crippen molar-refractivity contribution in [3.05, 3.63) is 50.2 Å². The van der Waals surface area contributed by atoms with Crippen LogP contribution in [0.15, 0.2) is 18.2 Å². The van der Waals surface area contributed by atoms with Crippen molar-refractivity contribution in [2.45, 2.75) is 19.8 Å². The lowest BCUT2D eigenvalue weighted by molar-refractivity contribution is 0.0991. The van der Waals surface area contributed by atoms with Gasteiger partial charge in [-0.1, -0.05) is 41.7 Å². The smallest absolute Gasteiger partial charge is 0.170 e. The lowest BCUT2D eigenvalue weighted by Gasteiger charge is -2.05. The van der Waals surface area contributed by atoms with Gasteiger partial charge in [0, 0.05) is 17.6 Å². The molecule has 0 fully saturated rings. The van der Waals surface area contributed by atoms with Gasteiger partial charge in [-0.25, -0.2) is 0 Å². The molecule has 0 radical (unpaired) electrons. The van der Waals surface area contributed by atoms with Crippen LogP contribution < -0.4 is 0 Å². The van der Waals surface area contributed by atoms with Gasteiger partial charge in [0.2, 0.25) is 0 Å². The molecule has 0 saturated heterocycles. The van der Waals surface area contributed by atoms with Crippen LogP contribution in [0.4, 0.5) is 0 Å². The van der Waals surface area contributed by atoms with Gasteiger partial charge in [0.1, 0.15) is 0 Å². The van der Waals surface area contributed by atoms with Crippen molar-refractivity contribution >= 4 is 40.6 Å².